The van der Waals surface area contributed by atoms with Gasteiger partial charge in [0.2, 0.25) is 5.91 Å². The van der Waals surface area contributed by atoms with Gasteiger partial charge in [-0.15, -0.1) is 11.3 Å². The van der Waals surface area contributed by atoms with Gasteiger partial charge < -0.3 is 10.1 Å². The fraction of sp³-hybridized carbons (Fsp3) is 0.300. The zero-order valence-electron chi connectivity index (χ0n) is 15.7. The topological polar surface area (TPSA) is 90.3 Å². The molecule has 0 radical (unpaired) electrons. The summed E-state index contributed by atoms with van der Waals surface area (Å²) in [5, 5.41) is 3.17. The van der Waals surface area contributed by atoms with E-state index in [0.717, 1.165) is 16.9 Å². The first-order valence-corrected chi connectivity index (χ1v) is 9.79. The van der Waals surface area contributed by atoms with Gasteiger partial charge in [0.15, 0.2) is 0 Å². The highest BCUT2D eigenvalue weighted by atomic mass is 32.1. The molecule has 0 saturated heterocycles. The van der Waals surface area contributed by atoms with E-state index in [1.54, 1.807) is 13.8 Å². The van der Waals surface area contributed by atoms with Gasteiger partial charge in [0, 0.05) is 6.54 Å². The zero-order chi connectivity index (χ0) is 20.1. The van der Waals surface area contributed by atoms with Crippen molar-refractivity contribution in [1.29, 1.82) is 0 Å². The van der Waals surface area contributed by atoms with Crippen LogP contribution in [0.1, 0.15) is 27.7 Å². The minimum absolute atomic E-state index is 0.124. The Morgan fingerprint density at radius 1 is 1.25 bits per heavy atom. The molecule has 8 heteroatoms. The first-order valence-electron chi connectivity index (χ1n) is 8.97. The van der Waals surface area contributed by atoms with Crippen molar-refractivity contribution in [1.82, 2.24) is 14.9 Å². The Balaban J connectivity index is 1.72. The van der Waals surface area contributed by atoms with Gasteiger partial charge in [0.25, 0.3) is 5.56 Å². The number of esters is 1. The quantitative estimate of drug-likeness (QED) is 0.616. The number of amides is 1. The number of aryl methyl sites for hydroxylation is 1. The summed E-state index contributed by atoms with van der Waals surface area (Å²) >= 11 is 1.13. The number of rotatable bonds is 7. The molecule has 0 aliphatic heterocycles. The predicted octanol–water partition coefficient (Wildman–Crippen LogP) is 2.30. The monoisotopic (exact) mass is 399 g/mol. The van der Waals surface area contributed by atoms with Crippen LogP contribution in [0.5, 0.6) is 0 Å². The summed E-state index contributed by atoms with van der Waals surface area (Å²) in [6, 6.07) is 9.83. The number of fused-ring (bicyclic) bond motifs is 1. The molecule has 3 rings (SSSR count). The third-order valence-electron chi connectivity index (χ3n) is 4.27. The Bertz CT molecular complexity index is 1060. The molecule has 0 spiro atoms. The zero-order valence-corrected chi connectivity index (χ0v) is 16.5. The summed E-state index contributed by atoms with van der Waals surface area (Å²) in [7, 11) is 0. The molecule has 0 aliphatic rings. The Morgan fingerprint density at radius 2 is 2.00 bits per heavy atom. The van der Waals surface area contributed by atoms with Crippen LogP contribution in [-0.2, 0) is 22.5 Å². The van der Waals surface area contributed by atoms with Gasteiger partial charge in [-0.2, -0.15) is 0 Å². The lowest BCUT2D eigenvalue weighted by Gasteiger charge is -2.07. The molecular weight excluding hydrogens is 378 g/mol. The predicted molar refractivity (Wildman–Crippen MR) is 108 cm³/mol. The van der Waals surface area contributed by atoms with Gasteiger partial charge in [0.1, 0.15) is 16.3 Å². The number of nitrogens with zero attached hydrogens (tertiary/aromatic N) is 2. The van der Waals surface area contributed by atoms with E-state index >= 15 is 0 Å². The van der Waals surface area contributed by atoms with Gasteiger partial charge in [-0.05, 0) is 31.4 Å². The number of hydrogen-bond donors (Lipinski definition) is 1. The largest absolute Gasteiger partial charge is 0.462 e. The summed E-state index contributed by atoms with van der Waals surface area (Å²) in [5.74, 6) is -0.731. The smallest absolute Gasteiger partial charge is 0.348 e. The molecule has 0 atom stereocenters. The molecule has 28 heavy (non-hydrogen) atoms. The van der Waals surface area contributed by atoms with Crippen LogP contribution in [-0.4, -0.2) is 34.6 Å². The number of ether oxygens (including phenoxy) is 1. The third-order valence-corrected chi connectivity index (χ3v) is 5.45. The number of carbonyl (C=O) groups excluding carboxylic acids is 2. The lowest BCUT2D eigenvalue weighted by atomic mass is 10.1. The van der Waals surface area contributed by atoms with E-state index in [4.69, 9.17) is 4.74 Å². The molecule has 3 aromatic rings. The molecule has 146 valence electrons. The lowest BCUT2D eigenvalue weighted by molar-refractivity contribution is -0.121. The highest BCUT2D eigenvalue weighted by Crippen LogP contribution is 2.27. The van der Waals surface area contributed by atoms with Crippen LogP contribution in [0.25, 0.3) is 10.2 Å². The molecule has 1 amide bonds. The fourth-order valence-corrected chi connectivity index (χ4v) is 3.90. The van der Waals surface area contributed by atoms with Crippen molar-refractivity contribution in [2.45, 2.75) is 26.8 Å². The van der Waals surface area contributed by atoms with E-state index in [0.29, 0.717) is 33.6 Å². The fourth-order valence-electron chi connectivity index (χ4n) is 2.86. The summed E-state index contributed by atoms with van der Waals surface area (Å²) < 4.78 is 6.28. The van der Waals surface area contributed by atoms with Gasteiger partial charge in [-0.25, -0.2) is 9.78 Å². The molecule has 1 aromatic carbocycles. The SMILES string of the molecule is CCOC(=O)c1sc2ncn(CC(=O)NCCc3ccccc3)c(=O)c2c1C. The maximum absolute atomic E-state index is 12.8. The van der Waals surface area contributed by atoms with Gasteiger partial charge in [0.05, 0.1) is 18.3 Å². The Morgan fingerprint density at radius 3 is 2.71 bits per heavy atom. The van der Waals surface area contributed by atoms with Gasteiger partial charge >= 0.3 is 5.97 Å². The van der Waals surface area contributed by atoms with Crippen molar-refractivity contribution < 1.29 is 14.3 Å². The van der Waals surface area contributed by atoms with Crippen LogP contribution in [0.2, 0.25) is 0 Å². The van der Waals surface area contributed by atoms with Crippen LogP contribution < -0.4 is 10.9 Å². The van der Waals surface area contributed by atoms with Crippen molar-refractivity contribution in [3.05, 3.63) is 63.0 Å². The number of aromatic nitrogens is 2. The van der Waals surface area contributed by atoms with Crippen molar-refractivity contribution in [2.24, 2.45) is 0 Å². The van der Waals surface area contributed by atoms with Crippen LogP contribution in [0, 0.1) is 6.92 Å². The molecular formula is C20H21N3O4S. The number of benzene rings is 1. The summed E-state index contributed by atoms with van der Waals surface area (Å²) in [6.07, 6.45) is 2.05. The molecule has 0 aliphatic carbocycles. The second kappa shape index (κ2) is 8.79. The van der Waals surface area contributed by atoms with Gasteiger partial charge in [-0.1, -0.05) is 30.3 Å². The average molecular weight is 399 g/mol. The van der Waals surface area contributed by atoms with E-state index in [9.17, 15) is 14.4 Å². The third kappa shape index (κ3) is 4.28. The molecule has 0 saturated carbocycles. The maximum atomic E-state index is 12.8. The highest BCUT2D eigenvalue weighted by Gasteiger charge is 2.20. The Kier molecular flexibility index (Phi) is 6.20. The summed E-state index contributed by atoms with van der Waals surface area (Å²) in [4.78, 5) is 42.1. The van der Waals surface area contributed by atoms with E-state index in [2.05, 4.69) is 10.3 Å². The van der Waals surface area contributed by atoms with Crippen molar-refractivity contribution in [3.63, 3.8) is 0 Å². The first-order chi connectivity index (χ1) is 13.5. The van der Waals surface area contributed by atoms with Crippen molar-refractivity contribution in [2.75, 3.05) is 13.2 Å². The van der Waals surface area contributed by atoms with Crippen LogP contribution in [0.3, 0.4) is 0 Å². The summed E-state index contributed by atoms with van der Waals surface area (Å²) in [6.45, 7) is 4.03. The number of nitrogens with one attached hydrogen (secondary N) is 1. The molecule has 0 unspecified atom stereocenters. The minimum Gasteiger partial charge on any atom is -0.462 e. The number of thiophene rings is 1. The first kappa shape index (κ1) is 19.8. The lowest BCUT2D eigenvalue weighted by Crippen LogP contribution is -2.33. The Labute approximate surface area is 166 Å². The molecule has 2 heterocycles. The van der Waals surface area contributed by atoms with Crippen LogP contribution >= 0.6 is 11.3 Å². The standard InChI is InChI=1S/C20H21N3O4S/c1-3-27-20(26)17-13(2)16-18(28-17)22-12-23(19(16)25)11-15(24)21-10-9-14-7-5-4-6-8-14/h4-8,12H,3,9-11H2,1-2H3,(H,21,24). The molecule has 0 bridgehead atoms. The van der Waals surface area contributed by atoms with Crippen molar-refractivity contribution >= 4 is 33.4 Å². The molecule has 1 N–H and O–H groups in total. The van der Waals surface area contributed by atoms with Crippen LogP contribution in [0.15, 0.2) is 41.5 Å². The van der Waals surface area contributed by atoms with E-state index < -0.39 is 5.97 Å². The average Bonchev–Trinajstić information content (AvgIpc) is 3.02. The Hall–Kier alpha value is -3.00. The second-order valence-corrected chi connectivity index (χ2v) is 7.22. The number of hydrogen-bond acceptors (Lipinski definition) is 6. The second-order valence-electron chi connectivity index (χ2n) is 6.22. The van der Waals surface area contributed by atoms with Crippen LogP contribution in [0.4, 0.5) is 0 Å². The van der Waals surface area contributed by atoms with E-state index in [-0.39, 0.29) is 24.6 Å². The minimum atomic E-state index is -0.465. The molecule has 7 nitrogen and oxygen atoms in total. The van der Waals surface area contributed by atoms with E-state index in [1.165, 1.54) is 10.9 Å². The summed E-state index contributed by atoms with van der Waals surface area (Å²) in [5.41, 5.74) is 1.32. The van der Waals surface area contributed by atoms with Gasteiger partial charge in [-0.3, -0.25) is 14.2 Å². The highest BCUT2D eigenvalue weighted by molar-refractivity contribution is 7.20. The molecule has 2 aromatic heterocycles. The normalized spacial score (nSPS) is 10.8. The number of carbonyl (C=O) groups is 2. The van der Waals surface area contributed by atoms with E-state index in [1.807, 2.05) is 30.3 Å². The van der Waals surface area contributed by atoms with Crippen molar-refractivity contribution in [3.8, 4) is 0 Å². The molecule has 0 fully saturated rings. The maximum Gasteiger partial charge on any atom is 0.348 e.